The van der Waals surface area contributed by atoms with E-state index in [1.165, 1.54) is 0 Å². The lowest BCUT2D eigenvalue weighted by Gasteiger charge is -2.36. The fourth-order valence-electron chi connectivity index (χ4n) is 3.68. The highest BCUT2D eigenvalue weighted by Gasteiger charge is 2.31. The third kappa shape index (κ3) is 4.03. The van der Waals surface area contributed by atoms with Gasteiger partial charge in [-0.3, -0.25) is 9.59 Å². The average molecular weight is 342 g/mol. The fourth-order valence-corrected chi connectivity index (χ4v) is 3.68. The summed E-state index contributed by atoms with van der Waals surface area (Å²) >= 11 is 0. The summed E-state index contributed by atoms with van der Waals surface area (Å²) in [5.41, 5.74) is 1.92. The Labute approximate surface area is 149 Å². The van der Waals surface area contributed by atoms with Crippen LogP contribution in [0.3, 0.4) is 0 Å². The number of nitrogens with zero attached hydrogens (tertiary/aromatic N) is 2. The van der Waals surface area contributed by atoms with Crippen molar-refractivity contribution in [2.45, 2.75) is 38.6 Å². The molecular formula is C20H26N2O3. The molecule has 0 radical (unpaired) electrons. The molecule has 0 aromatic heterocycles. The number of piperidine rings is 1. The highest BCUT2D eigenvalue weighted by Crippen LogP contribution is 2.23. The predicted octanol–water partition coefficient (Wildman–Crippen LogP) is 2.71. The molecule has 2 fully saturated rings. The number of allylic oxidation sites excluding steroid dienone is 1. The number of carbonyl (C=O) groups is 2. The number of hydrogen-bond acceptors (Lipinski definition) is 3. The Bertz CT molecular complexity index is 675. The molecule has 3 rings (SSSR count). The second-order valence-electron chi connectivity index (χ2n) is 6.81. The molecule has 0 saturated carbocycles. The number of hydrogen-bond donors (Lipinski definition) is 0. The Kier molecular flexibility index (Phi) is 5.41. The zero-order valence-electron chi connectivity index (χ0n) is 15.0. The second-order valence-corrected chi connectivity index (χ2v) is 6.81. The van der Waals surface area contributed by atoms with Crippen LogP contribution in [0.1, 0.15) is 38.2 Å². The van der Waals surface area contributed by atoms with Gasteiger partial charge < -0.3 is 14.5 Å². The smallest absolute Gasteiger partial charge is 0.246 e. The van der Waals surface area contributed by atoms with E-state index in [2.05, 4.69) is 0 Å². The predicted molar refractivity (Wildman–Crippen MR) is 97.2 cm³/mol. The van der Waals surface area contributed by atoms with Crippen LogP contribution < -0.4 is 4.74 Å². The molecule has 0 atom stereocenters. The lowest BCUT2D eigenvalue weighted by Crippen LogP contribution is -2.46. The molecule has 2 saturated heterocycles. The number of amides is 2. The van der Waals surface area contributed by atoms with Crippen molar-refractivity contribution in [2.75, 3.05) is 26.7 Å². The van der Waals surface area contributed by atoms with Crippen LogP contribution in [0.4, 0.5) is 0 Å². The number of benzene rings is 1. The van der Waals surface area contributed by atoms with Gasteiger partial charge in [0.1, 0.15) is 5.75 Å². The Morgan fingerprint density at radius 3 is 2.64 bits per heavy atom. The van der Waals surface area contributed by atoms with Gasteiger partial charge in [0.05, 0.1) is 7.11 Å². The first kappa shape index (κ1) is 17.5. The van der Waals surface area contributed by atoms with Gasteiger partial charge >= 0.3 is 0 Å². The Hall–Kier alpha value is -2.30. The van der Waals surface area contributed by atoms with Crippen LogP contribution in [0.5, 0.6) is 5.75 Å². The van der Waals surface area contributed by atoms with Crippen molar-refractivity contribution in [3.63, 3.8) is 0 Å². The van der Waals surface area contributed by atoms with E-state index >= 15 is 0 Å². The van der Waals surface area contributed by atoms with Crippen LogP contribution in [-0.2, 0) is 9.59 Å². The molecule has 0 spiro atoms. The van der Waals surface area contributed by atoms with E-state index in [1.54, 1.807) is 13.2 Å². The molecule has 25 heavy (non-hydrogen) atoms. The van der Waals surface area contributed by atoms with Crippen LogP contribution in [0, 0.1) is 0 Å². The van der Waals surface area contributed by atoms with E-state index in [-0.39, 0.29) is 11.8 Å². The summed E-state index contributed by atoms with van der Waals surface area (Å²) in [4.78, 5) is 28.3. The van der Waals surface area contributed by atoms with Gasteiger partial charge in [-0.05, 0) is 49.5 Å². The number of rotatable bonds is 4. The Morgan fingerprint density at radius 1 is 1.24 bits per heavy atom. The standard InChI is InChI=1S/C20H26N2O3/c1-15(16-5-3-6-18(14-16)25-2)13-20(24)21-11-8-17(9-12-21)22-10-4-7-19(22)23/h3,5-6,13-14,17H,4,7-12H2,1-2H3/b15-13+. The maximum Gasteiger partial charge on any atom is 0.246 e. The minimum atomic E-state index is 0.0477. The van der Waals surface area contributed by atoms with Gasteiger partial charge in [0, 0.05) is 38.2 Å². The summed E-state index contributed by atoms with van der Waals surface area (Å²) in [5, 5.41) is 0. The maximum atomic E-state index is 12.6. The first-order chi connectivity index (χ1) is 12.1. The molecule has 0 bridgehead atoms. The number of methoxy groups -OCH3 is 1. The molecule has 5 heteroatoms. The van der Waals surface area contributed by atoms with E-state index in [4.69, 9.17) is 4.74 Å². The first-order valence-corrected chi connectivity index (χ1v) is 8.99. The van der Waals surface area contributed by atoms with Crippen molar-refractivity contribution in [3.8, 4) is 5.75 Å². The first-order valence-electron chi connectivity index (χ1n) is 8.99. The molecule has 2 amide bonds. The van der Waals surface area contributed by atoms with E-state index in [9.17, 15) is 9.59 Å². The average Bonchev–Trinajstić information content (AvgIpc) is 3.07. The van der Waals surface area contributed by atoms with Crippen LogP contribution >= 0.6 is 0 Å². The van der Waals surface area contributed by atoms with Crippen molar-refractivity contribution in [1.29, 1.82) is 0 Å². The lowest BCUT2D eigenvalue weighted by molar-refractivity contribution is -0.132. The molecule has 1 aromatic carbocycles. The van der Waals surface area contributed by atoms with Crippen molar-refractivity contribution in [2.24, 2.45) is 0 Å². The minimum absolute atomic E-state index is 0.0477. The van der Waals surface area contributed by atoms with Crippen LogP contribution in [-0.4, -0.2) is 54.4 Å². The molecule has 2 aliphatic heterocycles. The van der Waals surface area contributed by atoms with Gasteiger partial charge in [-0.1, -0.05) is 12.1 Å². The van der Waals surface area contributed by atoms with E-state index in [0.717, 1.165) is 55.8 Å². The van der Waals surface area contributed by atoms with Crippen molar-refractivity contribution in [1.82, 2.24) is 9.80 Å². The second kappa shape index (κ2) is 7.72. The van der Waals surface area contributed by atoms with Crippen LogP contribution in [0.25, 0.3) is 5.57 Å². The normalized spacial score (nSPS) is 19.4. The lowest BCUT2D eigenvalue weighted by atomic mass is 10.0. The van der Waals surface area contributed by atoms with Gasteiger partial charge in [-0.15, -0.1) is 0 Å². The van der Waals surface area contributed by atoms with E-state index in [0.29, 0.717) is 12.5 Å². The van der Waals surface area contributed by atoms with Gasteiger partial charge in [0.25, 0.3) is 0 Å². The number of likely N-dealkylation sites (tertiary alicyclic amines) is 2. The van der Waals surface area contributed by atoms with Crippen molar-refractivity contribution >= 4 is 17.4 Å². The molecule has 0 unspecified atom stereocenters. The third-order valence-electron chi connectivity index (χ3n) is 5.19. The van der Waals surface area contributed by atoms with Crippen molar-refractivity contribution in [3.05, 3.63) is 35.9 Å². The highest BCUT2D eigenvalue weighted by atomic mass is 16.5. The molecule has 0 N–H and O–H groups in total. The summed E-state index contributed by atoms with van der Waals surface area (Å²) in [6.45, 7) is 4.26. The monoisotopic (exact) mass is 342 g/mol. The molecule has 5 nitrogen and oxygen atoms in total. The van der Waals surface area contributed by atoms with E-state index < -0.39 is 0 Å². The highest BCUT2D eigenvalue weighted by molar-refractivity contribution is 5.95. The Morgan fingerprint density at radius 2 is 2.00 bits per heavy atom. The SMILES string of the molecule is COc1cccc(/C(C)=C/C(=O)N2CCC(N3CCCC3=O)CC2)c1. The fraction of sp³-hybridized carbons (Fsp3) is 0.500. The molecule has 1 aromatic rings. The summed E-state index contributed by atoms with van der Waals surface area (Å²) < 4.78 is 5.24. The van der Waals surface area contributed by atoms with Crippen LogP contribution in [0.2, 0.25) is 0 Å². The van der Waals surface area contributed by atoms with Gasteiger partial charge in [0.2, 0.25) is 11.8 Å². The molecule has 2 aliphatic rings. The summed E-state index contributed by atoms with van der Waals surface area (Å²) in [6, 6.07) is 8.04. The van der Waals surface area contributed by atoms with Crippen LogP contribution in [0.15, 0.2) is 30.3 Å². The number of carbonyl (C=O) groups excluding carboxylic acids is 2. The zero-order chi connectivity index (χ0) is 17.8. The summed E-state index contributed by atoms with van der Waals surface area (Å²) in [6.07, 6.45) is 5.12. The summed E-state index contributed by atoms with van der Waals surface area (Å²) in [5.74, 6) is 1.11. The molecule has 0 aliphatic carbocycles. The Balaban J connectivity index is 1.59. The quantitative estimate of drug-likeness (QED) is 0.791. The topological polar surface area (TPSA) is 49.9 Å². The zero-order valence-corrected chi connectivity index (χ0v) is 15.0. The van der Waals surface area contributed by atoms with Gasteiger partial charge in [-0.25, -0.2) is 0 Å². The minimum Gasteiger partial charge on any atom is -0.497 e. The summed E-state index contributed by atoms with van der Waals surface area (Å²) in [7, 11) is 1.64. The van der Waals surface area contributed by atoms with Gasteiger partial charge in [-0.2, -0.15) is 0 Å². The maximum absolute atomic E-state index is 12.6. The van der Waals surface area contributed by atoms with E-state index in [1.807, 2.05) is 41.0 Å². The van der Waals surface area contributed by atoms with Gasteiger partial charge in [0.15, 0.2) is 0 Å². The third-order valence-corrected chi connectivity index (χ3v) is 5.19. The number of ether oxygens (including phenoxy) is 1. The largest absolute Gasteiger partial charge is 0.497 e. The molecule has 2 heterocycles. The molecule has 134 valence electrons. The van der Waals surface area contributed by atoms with Crippen molar-refractivity contribution < 1.29 is 14.3 Å². The molecular weight excluding hydrogens is 316 g/mol.